The first-order chi connectivity index (χ1) is 7.90. The maximum atomic E-state index is 4.29. The summed E-state index contributed by atoms with van der Waals surface area (Å²) in [6, 6.07) is 3.90. The van der Waals surface area contributed by atoms with Gasteiger partial charge in [-0.15, -0.1) is 5.10 Å². The average molecular weight is 218 g/mol. The maximum Gasteiger partial charge on any atom is 0.125 e. The van der Waals surface area contributed by atoms with E-state index >= 15 is 0 Å². The molecular formula is C10H14N6. The second-order valence-electron chi connectivity index (χ2n) is 3.32. The van der Waals surface area contributed by atoms with Crippen molar-refractivity contribution in [3.8, 4) is 11.3 Å². The van der Waals surface area contributed by atoms with E-state index in [2.05, 4.69) is 31.0 Å². The first-order valence-electron chi connectivity index (χ1n) is 5.11. The van der Waals surface area contributed by atoms with Gasteiger partial charge in [0.05, 0.1) is 6.20 Å². The van der Waals surface area contributed by atoms with E-state index in [0.29, 0.717) is 0 Å². The summed E-state index contributed by atoms with van der Waals surface area (Å²) < 4.78 is 0. The third-order valence-electron chi connectivity index (χ3n) is 2.16. The highest BCUT2D eigenvalue weighted by atomic mass is 15.3. The SMILES string of the molecule is CNCCNc1ccc(-c2c[nH]nn2)cn1. The number of hydrogen-bond acceptors (Lipinski definition) is 5. The molecule has 84 valence electrons. The first kappa shape index (κ1) is 10.6. The third kappa shape index (κ3) is 2.54. The van der Waals surface area contributed by atoms with Gasteiger partial charge in [0.2, 0.25) is 0 Å². The number of aromatic nitrogens is 4. The minimum absolute atomic E-state index is 0.800. The Morgan fingerprint density at radius 2 is 2.25 bits per heavy atom. The number of rotatable bonds is 5. The van der Waals surface area contributed by atoms with E-state index in [0.717, 1.165) is 30.2 Å². The Morgan fingerprint density at radius 3 is 2.88 bits per heavy atom. The van der Waals surface area contributed by atoms with E-state index in [1.165, 1.54) is 0 Å². The van der Waals surface area contributed by atoms with Crippen LogP contribution in [0.1, 0.15) is 0 Å². The zero-order chi connectivity index (χ0) is 11.2. The van der Waals surface area contributed by atoms with Gasteiger partial charge in [0.15, 0.2) is 0 Å². The second-order valence-corrected chi connectivity index (χ2v) is 3.32. The largest absolute Gasteiger partial charge is 0.369 e. The quantitative estimate of drug-likeness (QED) is 0.637. The molecule has 2 rings (SSSR count). The van der Waals surface area contributed by atoms with Crippen LogP contribution in [0.15, 0.2) is 24.5 Å². The van der Waals surface area contributed by atoms with E-state index in [4.69, 9.17) is 0 Å². The van der Waals surface area contributed by atoms with Gasteiger partial charge in [0.1, 0.15) is 11.5 Å². The van der Waals surface area contributed by atoms with E-state index in [1.54, 1.807) is 12.4 Å². The number of aromatic amines is 1. The van der Waals surface area contributed by atoms with Crippen LogP contribution in [0.2, 0.25) is 0 Å². The Balaban J connectivity index is 2.00. The highest BCUT2D eigenvalue weighted by Gasteiger charge is 2.00. The number of hydrogen-bond donors (Lipinski definition) is 3. The standard InChI is InChI=1S/C10H14N6/c1-11-4-5-12-10-3-2-8(6-13-10)9-7-14-16-15-9/h2-3,6-7,11H,4-5H2,1H3,(H,12,13)(H,14,15,16). The zero-order valence-electron chi connectivity index (χ0n) is 9.07. The summed E-state index contributed by atoms with van der Waals surface area (Å²) in [5.74, 6) is 0.863. The predicted octanol–water partition coefficient (Wildman–Crippen LogP) is 0.498. The average Bonchev–Trinajstić information content (AvgIpc) is 2.84. The van der Waals surface area contributed by atoms with Crippen LogP contribution in [0.3, 0.4) is 0 Å². The maximum absolute atomic E-state index is 4.29. The molecule has 0 saturated heterocycles. The first-order valence-corrected chi connectivity index (χ1v) is 5.11. The monoisotopic (exact) mass is 218 g/mol. The minimum Gasteiger partial charge on any atom is -0.369 e. The van der Waals surface area contributed by atoms with Crippen molar-refractivity contribution in [3.05, 3.63) is 24.5 Å². The van der Waals surface area contributed by atoms with Crippen molar-refractivity contribution >= 4 is 5.82 Å². The highest BCUT2D eigenvalue weighted by molar-refractivity contribution is 5.58. The summed E-state index contributed by atoms with van der Waals surface area (Å²) in [5.41, 5.74) is 1.75. The second kappa shape index (κ2) is 5.22. The van der Waals surface area contributed by atoms with Gasteiger partial charge in [-0.3, -0.25) is 5.10 Å². The van der Waals surface area contributed by atoms with Crippen LogP contribution in [0.4, 0.5) is 5.82 Å². The van der Waals surface area contributed by atoms with Gasteiger partial charge in [-0.2, -0.15) is 0 Å². The number of H-pyrrole nitrogens is 1. The fraction of sp³-hybridized carbons (Fsp3) is 0.300. The number of anilines is 1. The van der Waals surface area contributed by atoms with Crippen LogP contribution >= 0.6 is 0 Å². The van der Waals surface area contributed by atoms with Crippen molar-refractivity contribution in [1.29, 1.82) is 0 Å². The predicted molar refractivity (Wildman–Crippen MR) is 62.0 cm³/mol. The number of pyridine rings is 1. The van der Waals surface area contributed by atoms with E-state index < -0.39 is 0 Å². The van der Waals surface area contributed by atoms with Crippen molar-refractivity contribution in [1.82, 2.24) is 25.7 Å². The van der Waals surface area contributed by atoms with Crippen LogP contribution in [0, 0.1) is 0 Å². The normalized spacial score (nSPS) is 10.3. The Labute approximate surface area is 93.5 Å². The van der Waals surface area contributed by atoms with Gasteiger partial charge in [0, 0.05) is 24.8 Å². The molecule has 6 heteroatoms. The third-order valence-corrected chi connectivity index (χ3v) is 2.16. The van der Waals surface area contributed by atoms with E-state index in [1.807, 2.05) is 19.2 Å². The summed E-state index contributed by atoms with van der Waals surface area (Å²) in [4.78, 5) is 4.29. The van der Waals surface area contributed by atoms with E-state index in [9.17, 15) is 0 Å². The molecule has 0 aliphatic carbocycles. The van der Waals surface area contributed by atoms with Crippen molar-refractivity contribution in [2.24, 2.45) is 0 Å². The summed E-state index contributed by atoms with van der Waals surface area (Å²) in [6.07, 6.45) is 3.52. The van der Waals surface area contributed by atoms with Gasteiger partial charge in [0.25, 0.3) is 0 Å². The van der Waals surface area contributed by atoms with Gasteiger partial charge in [-0.25, -0.2) is 4.98 Å². The molecule has 0 fully saturated rings. The lowest BCUT2D eigenvalue weighted by Crippen LogP contribution is -2.18. The number of likely N-dealkylation sites (N-methyl/N-ethyl adjacent to an activating group) is 1. The van der Waals surface area contributed by atoms with Gasteiger partial charge in [-0.05, 0) is 19.2 Å². The Kier molecular flexibility index (Phi) is 3.45. The topological polar surface area (TPSA) is 78.5 Å². The van der Waals surface area contributed by atoms with Crippen molar-refractivity contribution < 1.29 is 0 Å². The molecule has 0 unspecified atom stereocenters. The minimum atomic E-state index is 0.800. The molecule has 6 nitrogen and oxygen atoms in total. The Hall–Kier alpha value is -1.95. The molecule has 0 spiro atoms. The Morgan fingerprint density at radius 1 is 1.31 bits per heavy atom. The summed E-state index contributed by atoms with van der Waals surface area (Å²) in [7, 11) is 1.92. The Bertz CT molecular complexity index is 407. The highest BCUT2D eigenvalue weighted by Crippen LogP contribution is 2.15. The van der Waals surface area contributed by atoms with Gasteiger partial charge >= 0.3 is 0 Å². The molecule has 0 saturated carbocycles. The molecule has 0 aromatic carbocycles. The van der Waals surface area contributed by atoms with E-state index in [-0.39, 0.29) is 0 Å². The van der Waals surface area contributed by atoms with Gasteiger partial charge < -0.3 is 10.6 Å². The zero-order valence-corrected chi connectivity index (χ0v) is 9.07. The van der Waals surface area contributed by atoms with Crippen molar-refractivity contribution in [2.75, 3.05) is 25.5 Å². The molecule has 16 heavy (non-hydrogen) atoms. The van der Waals surface area contributed by atoms with Crippen LogP contribution in [0.5, 0.6) is 0 Å². The lowest BCUT2D eigenvalue weighted by atomic mass is 10.2. The van der Waals surface area contributed by atoms with Crippen LogP contribution < -0.4 is 10.6 Å². The summed E-state index contributed by atoms with van der Waals surface area (Å²) in [6.45, 7) is 1.76. The molecule has 2 aromatic rings. The molecule has 0 atom stereocenters. The molecule has 2 aromatic heterocycles. The molecule has 0 aliphatic heterocycles. The van der Waals surface area contributed by atoms with Gasteiger partial charge in [-0.1, -0.05) is 5.21 Å². The summed E-state index contributed by atoms with van der Waals surface area (Å²) in [5, 5.41) is 16.5. The van der Waals surface area contributed by atoms with Crippen molar-refractivity contribution in [3.63, 3.8) is 0 Å². The lowest BCUT2D eigenvalue weighted by molar-refractivity contribution is 0.821. The fourth-order valence-electron chi connectivity index (χ4n) is 1.31. The smallest absolute Gasteiger partial charge is 0.125 e. The number of nitrogens with zero attached hydrogens (tertiary/aromatic N) is 3. The fourth-order valence-corrected chi connectivity index (χ4v) is 1.31. The summed E-state index contributed by atoms with van der Waals surface area (Å²) >= 11 is 0. The number of nitrogens with one attached hydrogen (secondary N) is 3. The van der Waals surface area contributed by atoms with Crippen LogP contribution in [0.25, 0.3) is 11.3 Å². The molecule has 3 N–H and O–H groups in total. The lowest BCUT2D eigenvalue weighted by Gasteiger charge is -2.04. The molecule has 0 aliphatic rings. The van der Waals surface area contributed by atoms with Crippen LogP contribution in [-0.4, -0.2) is 40.5 Å². The molecule has 0 bridgehead atoms. The molecule has 0 radical (unpaired) electrons. The molecule has 2 heterocycles. The van der Waals surface area contributed by atoms with Crippen molar-refractivity contribution in [2.45, 2.75) is 0 Å². The van der Waals surface area contributed by atoms with Crippen LogP contribution in [-0.2, 0) is 0 Å². The molecule has 0 amide bonds. The molecular weight excluding hydrogens is 204 g/mol.